The maximum Gasteiger partial charge on any atom is 0.320 e. The Morgan fingerprint density at radius 1 is 1.17 bits per heavy atom. The van der Waals surface area contributed by atoms with Gasteiger partial charge in [0.15, 0.2) is 0 Å². The van der Waals surface area contributed by atoms with Crippen LogP contribution in [0.1, 0.15) is 26.5 Å². The van der Waals surface area contributed by atoms with Gasteiger partial charge in [-0.1, -0.05) is 30.3 Å². The maximum atomic E-state index is 12.0. The summed E-state index contributed by atoms with van der Waals surface area (Å²) in [5.41, 5.74) is 1.97. The first-order chi connectivity index (χ1) is 10.8. The number of rotatable bonds is 4. The van der Waals surface area contributed by atoms with Crippen LogP contribution in [0.15, 0.2) is 42.5 Å². The van der Waals surface area contributed by atoms with Crippen molar-refractivity contribution >= 4 is 11.8 Å². The second-order valence-electron chi connectivity index (χ2n) is 6.17. The molecule has 2 aromatic rings. The molecule has 2 amide bonds. The van der Waals surface area contributed by atoms with Crippen molar-refractivity contribution in [3.8, 4) is 11.1 Å². The van der Waals surface area contributed by atoms with Gasteiger partial charge in [0.1, 0.15) is 5.82 Å². The van der Waals surface area contributed by atoms with Gasteiger partial charge in [0.25, 0.3) is 0 Å². The number of aliphatic hydroxyl groups is 1. The van der Waals surface area contributed by atoms with Crippen molar-refractivity contribution in [1.29, 1.82) is 0 Å². The smallest absolute Gasteiger partial charge is 0.320 e. The third-order valence-electron chi connectivity index (χ3n) is 3.82. The number of anilines is 1. The van der Waals surface area contributed by atoms with E-state index in [0.717, 1.165) is 16.8 Å². The molecule has 5 nitrogen and oxygen atoms in total. The number of carbonyl (C=O) groups excluding carboxylic acids is 1. The minimum Gasteiger partial charge on any atom is -0.388 e. The molecule has 0 radical (unpaired) electrons. The van der Waals surface area contributed by atoms with Crippen LogP contribution >= 0.6 is 0 Å². The van der Waals surface area contributed by atoms with Gasteiger partial charge in [0.2, 0.25) is 0 Å². The van der Waals surface area contributed by atoms with E-state index in [4.69, 9.17) is 0 Å². The molecule has 23 heavy (non-hydrogen) atoms. The summed E-state index contributed by atoms with van der Waals surface area (Å²) in [5, 5.41) is 15.2. The Hall–Kier alpha value is -2.40. The molecule has 0 saturated carbocycles. The van der Waals surface area contributed by atoms with E-state index in [2.05, 4.69) is 15.6 Å². The monoisotopic (exact) mass is 313 g/mol. The summed E-state index contributed by atoms with van der Waals surface area (Å²) in [5.74, 6) is 0.475. The van der Waals surface area contributed by atoms with E-state index in [0.29, 0.717) is 5.82 Å². The second-order valence-corrected chi connectivity index (χ2v) is 6.17. The Bertz CT molecular complexity index is 678. The van der Waals surface area contributed by atoms with Gasteiger partial charge < -0.3 is 10.4 Å². The molecule has 0 bridgehead atoms. The molecule has 1 atom stereocenters. The Labute approximate surface area is 136 Å². The minimum atomic E-state index is -0.988. The van der Waals surface area contributed by atoms with Crippen LogP contribution in [0.2, 0.25) is 0 Å². The van der Waals surface area contributed by atoms with Gasteiger partial charge in [0, 0.05) is 11.3 Å². The van der Waals surface area contributed by atoms with E-state index in [-0.39, 0.29) is 12.1 Å². The molecule has 0 spiro atoms. The highest BCUT2D eigenvalue weighted by atomic mass is 16.3. The number of benzene rings is 1. The number of pyridine rings is 1. The van der Waals surface area contributed by atoms with Crippen LogP contribution in [0.4, 0.5) is 10.6 Å². The summed E-state index contributed by atoms with van der Waals surface area (Å²) in [6.45, 7) is 6.95. The number of nitrogens with zero attached hydrogens (tertiary/aromatic N) is 1. The Morgan fingerprint density at radius 2 is 1.83 bits per heavy atom. The molecule has 0 unspecified atom stereocenters. The number of aryl methyl sites for hydroxylation is 1. The van der Waals surface area contributed by atoms with E-state index in [1.807, 2.05) is 43.3 Å². The van der Waals surface area contributed by atoms with Crippen LogP contribution in [-0.4, -0.2) is 27.8 Å². The molecule has 0 aliphatic heterocycles. The van der Waals surface area contributed by atoms with Crippen molar-refractivity contribution in [3.63, 3.8) is 0 Å². The first-order valence-electron chi connectivity index (χ1n) is 7.60. The molecule has 122 valence electrons. The Balaban J connectivity index is 2.08. The van der Waals surface area contributed by atoms with E-state index >= 15 is 0 Å². The summed E-state index contributed by atoms with van der Waals surface area (Å²) in [6, 6.07) is 12.9. The number of aromatic nitrogens is 1. The molecule has 0 aliphatic rings. The lowest BCUT2D eigenvalue weighted by Gasteiger charge is -2.26. The van der Waals surface area contributed by atoms with Crippen molar-refractivity contribution in [2.24, 2.45) is 0 Å². The van der Waals surface area contributed by atoms with Gasteiger partial charge in [-0.3, -0.25) is 5.32 Å². The first-order valence-corrected chi connectivity index (χ1v) is 7.60. The first kappa shape index (κ1) is 17.0. The predicted octanol–water partition coefficient (Wildman–Crippen LogP) is 3.34. The second kappa shape index (κ2) is 6.79. The van der Waals surface area contributed by atoms with Crippen molar-refractivity contribution in [3.05, 3.63) is 48.2 Å². The summed E-state index contributed by atoms with van der Waals surface area (Å²) in [7, 11) is 0. The normalized spacial score (nSPS) is 12.6. The van der Waals surface area contributed by atoms with Crippen LogP contribution in [0.25, 0.3) is 11.1 Å². The number of hydrogen-bond acceptors (Lipinski definition) is 3. The average Bonchev–Trinajstić information content (AvgIpc) is 2.47. The molecule has 0 saturated heterocycles. The third kappa shape index (κ3) is 4.53. The number of urea groups is 1. The van der Waals surface area contributed by atoms with Crippen molar-refractivity contribution in [1.82, 2.24) is 10.3 Å². The van der Waals surface area contributed by atoms with Gasteiger partial charge in [-0.25, -0.2) is 9.78 Å². The maximum absolute atomic E-state index is 12.0. The molecular weight excluding hydrogens is 290 g/mol. The molecular formula is C18H23N3O2. The van der Waals surface area contributed by atoms with E-state index in [1.165, 1.54) is 0 Å². The zero-order valence-electron chi connectivity index (χ0n) is 13.9. The van der Waals surface area contributed by atoms with Gasteiger partial charge in [-0.2, -0.15) is 0 Å². The summed E-state index contributed by atoms with van der Waals surface area (Å²) in [4.78, 5) is 16.4. The molecule has 1 aromatic heterocycles. The summed E-state index contributed by atoms with van der Waals surface area (Å²) in [6.07, 6.45) is 0. The van der Waals surface area contributed by atoms with Gasteiger partial charge in [0.05, 0.1) is 11.6 Å². The minimum absolute atomic E-state index is 0.382. The van der Waals surface area contributed by atoms with Crippen LogP contribution < -0.4 is 10.6 Å². The number of hydrogen-bond donors (Lipinski definition) is 3. The average molecular weight is 313 g/mol. The molecule has 0 aliphatic carbocycles. The molecule has 5 heteroatoms. The Kier molecular flexibility index (Phi) is 5.01. The number of nitrogens with one attached hydrogen (secondary N) is 2. The summed E-state index contributed by atoms with van der Waals surface area (Å²) >= 11 is 0. The summed E-state index contributed by atoms with van der Waals surface area (Å²) < 4.78 is 0. The SMILES string of the molecule is Cc1nc(NC(=O)N[C@@H](C)C(C)(C)O)ccc1-c1ccccc1. The standard InChI is InChI=1S/C18H23N3O2/c1-12-15(14-8-6-5-7-9-14)10-11-16(19-12)21-17(22)20-13(2)18(3,4)23/h5-11,13,23H,1-4H3,(H2,19,20,21,22)/t13-/m0/s1. The molecule has 3 N–H and O–H groups in total. The van der Waals surface area contributed by atoms with Gasteiger partial charge >= 0.3 is 6.03 Å². The van der Waals surface area contributed by atoms with Gasteiger partial charge in [-0.15, -0.1) is 0 Å². The fourth-order valence-electron chi connectivity index (χ4n) is 2.08. The molecule has 2 rings (SSSR count). The quantitative estimate of drug-likeness (QED) is 0.810. The number of amides is 2. The van der Waals surface area contributed by atoms with Crippen LogP contribution in [0, 0.1) is 6.92 Å². The highest BCUT2D eigenvalue weighted by molar-refractivity contribution is 5.88. The highest BCUT2D eigenvalue weighted by Gasteiger charge is 2.23. The van der Waals surface area contributed by atoms with Gasteiger partial charge in [-0.05, 0) is 45.4 Å². The van der Waals surface area contributed by atoms with Crippen molar-refractivity contribution < 1.29 is 9.90 Å². The van der Waals surface area contributed by atoms with Crippen molar-refractivity contribution in [2.45, 2.75) is 39.3 Å². The van der Waals surface area contributed by atoms with Crippen LogP contribution in [0.3, 0.4) is 0 Å². The lowest BCUT2D eigenvalue weighted by molar-refractivity contribution is 0.0486. The largest absolute Gasteiger partial charge is 0.388 e. The zero-order chi connectivity index (χ0) is 17.0. The molecule has 0 fully saturated rings. The predicted molar refractivity (Wildman–Crippen MR) is 92.3 cm³/mol. The Morgan fingerprint density at radius 3 is 2.39 bits per heavy atom. The fraction of sp³-hybridized carbons (Fsp3) is 0.333. The lowest BCUT2D eigenvalue weighted by atomic mass is 10.0. The lowest BCUT2D eigenvalue weighted by Crippen LogP contribution is -2.48. The van der Waals surface area contributed by atoms with E-state index in [1.54, 1.807) is 26.8 Å². The number of carbonyl (C=O) groups is 1. The van der Waals surface area contributed by atoms with Crippen LogP contribution in [-0.2, 0) is 0 Å². The van der Waals surface area contributed by atoms with Crippen molar-refractivity contribution in [2.75, 3.05) is 5.32 Å². The zero-order valence-corrected chi connectivity index (χ0v) is 13.9. The van der Waals surface area contributed by atoms with E-state index < -0.39 is 5.60 Å². The van der Waals surface area contributed by atoms with E-state index in [9.17, 15) is 9.90 Å². The highest BCUT2D eigenvalue weighted by Crippen LogP contribution is 2.23. The van der Waals surface area contributed by atoms with Crippen LogP contribution in [0.5, 0.6) is 0 Å². The molecule has 1 aromatic carbocycles. The fourth-order valence-corrected chi connectivity index (χ4v) is 2.08. The topological polar surface area (TPSA) is 74.2 Å². The third-order valence-corrected chi connectivity index (χ3v) is 3.82. The molecule has 1 heterocycles.